The average Bonchev–Trinajstić information content (AvgIpc) is 2.01. The Balaban J connectivity index is 0.00000196. The van der Waals surface area contributed by atoms with Gasteiger partial charge in [0.1, 0.15) is 5.60 Å². The first kappa shape index (κ1) is 14.7. The lowest BCUT2D eigenvalue weighted by Crippen LogP contribution is -2.44. The molecule has 1 heterocycles. The number of carbonyl (C=O) groups is 1. The van der Waals surface area contributed by atoms with Gasteiger partial charge in [-0.05, 0) is 33.6 Å². The maximum absolute atomic E-state index is 11.7. The standard InChI is InChI=1S/C10H20N2O2.ClH/c1-10(2,3)14-9(13)8-5-4-6-12(11)7-8;/h8H,4-7,11H2,1-3H3;1H/t8-;/m1./s1. The molecule has 0 aromatic heterocycles. The van der Waals surface area contributed by atoms with Gasteiger partial charge in [-0.2, -0.15) is 0 Å². The van der Waals surface area contributed by atoms with Gasteiger partial charge < -0.3 is 4.74 Å². The van der Waals surface area contributed by atoms with E-state index in [-0.39, 0.29) is 24.3 Å². The summed E-state index contributed by atoms with van der Waals surface area (Å²) in [6.07, 6.45) is 1.86. The Kier molecular flexibility index (Phi) is 5.56. The van der Waals surface area contributed by atoms with E-state index in [1.807, 2.05) is 20.8 Å². The average molecular weight is 237 g/mol. The van der Waals surface area contributed by atoms with E-state index in [4.69, 9.17) is 10.6 Å². The molecule has 0 aliphatic carbocycles. The highest BCUT2D eigenvalue weighted by Gasteiger charge is 2.28. The molecule has 1 aliphatic heterocycles. The largest absolute Gasteiger partial charge is 0.460 e. The van der Waals surface area contributed by atoms with Crippen LogP contribution in [0.4, 0.5) is 0 Å². The molecule has 4 nitrogen and oxygen atoms in total. The molecule has 1 fully saturated rings. The van der Waals surface area contributed by atoms with Crippen LogP contribution in [0, 0.1) is 5.92 Å². The third-order valence-corrected chi connectivity index (χ3v) is 2.19. The molecule has 0 unspecified atom stereocenters. The van der Waals surface area contributed by atoms with E-state index in [9.17, 15) is 4.79 Å². The van der Waals surface area contributed by atoms with Crippen LogP contribution in [0.2, 0.25) is 0 Å². The molecular formula is C10H21ClN2O2. The van der Waals surface area contributed by atoms with Crippen LogP contribution >= 0.6 is 12.4 Å². The number of ether oxygens (including phenoxy) is 1. The maximum atomic E-state index is 11.7. The molecule has 0 aromatic rings. The quantitative estimate of drug-likeness (QED) is 0.552. The van der Waals surface area contributed by atoms with E-state index in [2.05, 4.69) is 0 Å². The van der Waals surface area contributed by atoms with Gasteiger partial charge in [0, 0.05) is 13.1 Å². The number of rotatable bonds is 1. The fourth-order valence-corrected chi connectivity index (χ4v) is 1.58. The SMILES string of the molecule is CC(C)(C)OC(=O)[C@@H]1CCCN(N)C1.Cl. The van der Waals surface area contributed by atoms with Crippen LogP contribution in [0.15, 0.2) is 0 Å². The van der Waals surface area contributed by atoms with Crippen LogP contribution in [0.3, 0.4) is 0 Å². The van der Waals surface area contributed by atoms with E-state index in [1.54, 1.807) is 5.01 Å². The van der Waals surface area contributed by atoms with Gasteiger partial charge in [0.25, 0.3) is 0 Å². The maximum Gasteiger partial charge on any atom is 0.310 e. The third kappa shape index (κ3) is 5.35. The van der Waals surface area contributed by atoms with Crippen molar-refractivity contribution in [3.63, 3.8) is 0 Å². The summed E-state index contributed by atoms with van der Waals surface area (Å²) in [6, 6.07) is 0. The highest BCUT2D eigenvalue weighted by Crippen LogP contribution is 2.18. The van der Waals surface area contributed by atoms with Crippen LogP contribution in [0.5, 0.6) is 0 Å². The Bertz CT molecular complexity index is 216. The van der Waals surface area contributed by atoms with E-state index >= 15 is 0 Å². The number of nitrogens with zero attached hydrogens (tertiary/aromatic N) is 1. The second-order valence-corrected chi connectivity index (χ2v) is 4.87. The smallest absolute Gasteiger partial charge is 0.310 e. The monoisotopic (exact) mass is 236 g/mol. The minimum absolute atomic E-state index is 0. The zero-order valence-corrected chi connectivity index (χ0v) is 10.5. The summed E-state index contributed by atoms with van der Waals surface area (Å²) in [4.78, 5) is 11.7. The van der Waals surface area contributed by atoms with Gasteiger partial charge in [-0.3, -0.25) is 10.6 Å². The summed E-state index contributed by atoms with van der Waals surface area (Å²) in [5.41, 5.74) is -0.395. The lowest BCUT2D eigenvalue weighted by molar-refractivity contribution is -0.161. The van der Waals surface area contributed by atoms with E-state index < -0.39 is 5.60 Å². The van der Waals surface area contributed by atoms with Crippen molar-refractivity contribution >= 4 is 18.4 Å². The van der Waals surface area contributed by atoms with Crippen molar-refractivity contribution in [2.75, 3.05) is 13.1 Å². The fraction of sp³-hybridized carbons (Fsp3) is 0.900. The molecule has 1 saturated heterocycles. The van der Waals surface area contributed by atoms with Crippen LogP contribution in [-0.2, 0) is 9.53 Å². The van der Waals surface area contributed by atoms with Gasteiger partial charge in [0.2, 0.25) is 0 Å². The number of carbonyl (C=O) groups excluding carboxylic acids is 1. The molecule has 0 saturated carbocycles. The lowest BCUT2D eigenvalue weighted by Gasteiger charge is -2.30. The first-order chi connectivity index (χ1) is 6.38. The molecule has 0 amide bonds. The normalized spacial score (nSPS) is 23.1. The summed E-state index contributed by atoms with van der Waals surface area (Å²) < 4.78 is 5.30. The first-order valence-electron chi connectivity index (χ1n) is 5.11. The molecule has 1 atom stereocenters. The third-order valence-electron chi connectivity index (χ3n) is 2.19. The number of hydrazine groups is 1. The molecule has 2 N–H and O–H groups in total. The summed E-state index contributed by atoms with van der Waals surface area (Å²) in [7, 11) is 0. The topological polar surface area (TPSA) is 55.6 Å². The molecule has 1 aliphatic rings. The minimum atomic E-state index is -0.395. The van der Waals surface area contributed by atoms with Gasteiger partial charge in [0.15, 0.2) is 0 Å². The van der Waals surface area contributed by atoms with E-state index in [0.717, 1.165) is 19.4 Å². The number of hydrogen-bond donors (Lipinski definition) is 1. The number of esters is 1. The predicted octanol–water partition coefficient (Wildman–Crippen LogP) is 1.34. The van der Waals surface area contributed by atoms with Crippen molar-refractivity contribution < 1.29 is 9.53 Å². The highest BCUT2D eigenvalue weighted by atomic mass is 35.5. The summed E-state index contributed by atoms with van der Waals surface area (Å²) in [5.74, 6) is 5.49. The number of halogens is 1. The van der Waals surface area contributed by atoms with Gasteiger partial charge in [-0.25, -0.2) is 5.01 Å². The number of nitrogens with two attached hydrogens (primary N) is 1. The Morgan fingerprint density at radius 1 is 1.47 bits per heavy atom. The highest BCUT2D eigenvalue weighted by molar-refractivity contribution is 5.85. The molecule has 1 rings (SSSR count). The lowest BCUT2D eigenvalue weighted by atomic mass is 9.99. The molecule has 0 radical (unpaired) electrons. The van der Waals surface area contributed by atoms with Crippen molar-refractivity contribution in [2.24, 2.45) is 11.8 Å². The molecule has 0 bridgehead atoms. The van der Waals surface area contributed by atoms with Crippen molar-refractivity contribution in [3.05, 3.63) is 0 Å². The number of piperidine rings is 1. The molecular weight excluding hydrogens is 216 g/mol. The van der Waals surface area contributed by atoms with Crippen LogP contribution in [0.25, 0.3) is 0 Å². The fourth-order valence-electron chi connectivity index (χ4n) is 1.58. The summed E-state index contributed by atoms with van der Waals surface area (Å²) in [6.45, 7) is 7.14. The minimum Gasteiger partial charge on any atom is -0.460 e. The zero-order chi connectivity index (χ0) is 10.8. The first-order valence-corrected chi connectivity index (χ1v) is 5.11. The Hall–Kier alpha value is -0.320. The molecule has 0 aromatic carbocycles. The molecule has 15 heavy (non-hydrogen) atoms. The van der Waals surface area contributed by atoms with E-state index in [0.29, 0.717) is 6.54 Å². The summed E-state index contributed by atoms with van der Waals surface area (Å²) >= 11 is 0. The number of hydrogen-bond acceptors (Lipinski definition) is 4. The van der Waals surface area contributed by atoms with Crippen molar-refractivity contribution in [2.45, 2.75) is 39.2 Å². The Labute approximate surface area is 97.5 Å². The van der Waals surface area contributed by atoms with Crippen LogP contribution in [0.1, 0.15) is 33.6 Å². The van der Waals surface area contributed by atoms with Gasteiger partial charge in [-0.1, -0.05) is 0 Å². The molecule has 0 spiro atoms. The van der Waals surface area contributed by atoms with E-state index in [1.165, 1.54) is 0 Å². The second kappa shape index (κ2) is 5.68. The molecule has 5 heteroatoms. The van der Waals surface area contributed by atoms with Gasteiger partial charge in [0.05, 0.1) is 5.92 Å². The van der Waals surface area contributed by atoms with Gasteiger partial charge >= 0.3 is 5.97 Å². The second-order valence-electron chi connectivity index (χ2n) is 4.87. The predicted molar refractivity (Wildman–Crippen MR) is 61.6 cm³/mol. The van der Waals surface area contributed by atoms with Crippen LogP contribution in [-0.4, -0.2) is 29.7 Å². The zero-order valence-electron chi connectivity index (χ0n) is 9.66. The van der Waals surface area contributed by atoms with Crippen LogP contribution < -0.4 is 5.84 Å². The summed E-state index contributed by atoms with van der Waals surface area (Å²) in [5, 5.41) is 1.69. The van der Waals surface area contributed by atoms with Crippen molar-refractivity contribution in [1.29, 1.82) is 0 Å². The van der Waals surface area contributed by atoms with Gasteiger partial charge in [-0.15, -0.1) is 12.4 Å². The van der Waals surface area contributed by atoms with Crippen molar-refractivity contribution in [1.82, 2.24) is 5.01 Å². The van der Waals surface area contributed by atoms with Crippen molar-refractivity contribution in [3.8, 4) is 0 Å². The molecule has 90 valence electrons. The Morgan fingerprint density at radius 2 is 2.07 bits per heavy atom. The Morgan fingerprint density at radius 3 is 2.53 bits per heavy atom.